The third-order valence-corrected chi connectivity index (χ3v) is 4.63. The molecule has 0 bridgehead atoms. The highest BCUT2D eigenvalue weighted by Gasteiger charge is 2.14. The van der Waals surface area contributed by atoms with E-state index >= 15 is 0 Å². The van der Waals surface area contributed by atoms with Gasteiger partial charge in [-0.05, 0) is 33.6 Å². The number of carbonyl (C=O) groups is 1. The molecule has 1 aromatic carbocycles. The van der Waals surface area contributed by atoms with Crippen LogP contribution in [0.4, 0.5) is 0 Å². The highest BCUT2D eigenvalue weighted by Crippen LogP contribution is 2.21. The normalized spacial score (nSPS) is 12.1. The van der Waals surface area contributed by atoms with Crippen molar-refractivity contribution in [3.05, 3.63) is 56.7 Å². The highest BCUT2D eigenvalue weighted by atomic mass is 79.9. The van der Waals surface area contributed by atoms with E-state index in [-0.39, 0.29) is 11.9 Å². The number of halogens is 1. The molecule has 2 rings (SSSR count). The first-order valence-electron chi connectivity index (χ1n) is 6.80. The molecule has 1 N–H and O–H groups in total. The third kappa shape index (κ3) is 5.61. The summed E-state index contributed by atoms with van der Waals surface area (Å²) in [6.07, 6.45) is 0. The van der Waals surface area contributed by atoms with Gasteiger partial charge in [-0.15, -0.1) is 11.3 Å². The lowest BCUT2D eigenvalue weighted by atomic mass is 10.2. The number of nitrogens with one attached hydrogen (secondary N) is 1. The van der Waals surface area contributed by atoms with E-state index < -0.39 is 0 Å². The molecule has 0 aliphatic heterocycles. The van der Waals surface area contributed by atoms with Crippen LogP contribution in [0.15, 0.2) is 46.3 Å². The quantitative estimate of drug-likeness (QED) is 0.752. The van der Waals surface area contributed by atoms with E-state index in [2.05, 4.69) is 27.3 Å². The molecule has 0 aliphatic carbocycles. The second kappa shape index (κ2) is 8.32. The number of esters is 1. The van der Waals surface area contributed by atoms with Gasteiger partial charge in [-0.25, -0.2) is 0 Å². The molecule has 3 nitrogen and oxygen atoms in total. The molecule has 0 aliphatic rings. The van der Waals surface area contributed by atoms with Gasteiger partial charge in [0.25, 0.3) is 0 Å². The first kappa shape index (κ1) is 16.2. The second-order valence-corrected chi connectivity index (χ2v) is 7.38. The van der Waals surface area contributed by atoms with Crippen molar-refractivity contribution in [2.45, 2.75) is 20.1 Å². The molecule has 0 amide bonds. The van der Waals surface area contributed by atoms with E-state index in [1.54, 1.807) is 11.3 Å². The van der Waals surface area contributed by atoms with Crippen molar-refractivity contribution >= 4 is 33.2 Å². The maximum atomic E-state index is 11.9. The molecule has 112 valence electrons. The van der Waals surface area contributed by atoms with E-state index in [4.69, 9.17) is 4.74 Å². The Bertz CT molecular complexity index is 571. The molecule has 1 aromatic heterocycles. The van der Waals surface area contributed by atoms with Crippen LogP contribution >= 0.6 is 27.3 Å². The number of carbonyl (C=O) groups excluding carboxylic acids is 1. The minimum absolute atomic E-state index is 0.155. The molecule has 0 radical (unpaired) electrons. The minimum atomic E-state index is -0.168. The molecule has 0 fully saturated rings. The van der Waals surface area contributed by atoms with Crippen LogP contribution in [-0.4, -0.2) is 12.5 Å². The Hall–Kier alpha value is -1.17. The molecule has 1 atom stereocenters. The molecule has 21 heavy (non-hydrogen) atoms. The summed E-state index contributed by atoms with van der Waals surface area (Å²) in [6.45, 7) is 3.60. The van der Waals surface area contributed by atoms with E-state index in [1.807, 2.05) is 43.3 Å². The average molecular weight is 368 g/mol. The summed E-state index contributed by atoms with van der Waals surface area (Å²) in [5.41, 5.74) is 1.01. The van der Waals surface area contributed by atoms with Crippen molar-refractivity contribution in [2.24, 2.45) is 5.92 Å². The summed E-state index contributed by atoms with van der Waals surface area (Å²) < 4.78 is 6.43. The van der Waals surface area contributed by atoms with Gasteiger partial charge in [0, 0.05) is 18.0 Å². The summed E-state index contributed by atoms with van der Waals surface area (Å²) in [5.74, 6) is -0.323. The van der Waals surface area contributed by atoms with E-state index in [0.29, 0.717) is 13.2 Å². The molecule has 0 saturated carbocycles. The van der Waals surface area contributed by atoms with Crippen molar-refractivity contribution < 1.29 is 9.53 Å². The fraction of sp³-hybridized carbons (Fsp3) is 0.312. The van der Waals surface area contributed by atoms with Gasteiger partial charge in [-0.2, -0.15) is 0 Å². The van der Waals surface area contributed by atoms with Crippen LogP contribution in [0.25, 0.3) is 0 Å². The zero-order valence-corrected chi connectivity index (χ0v) is 14.2. The standard InChI is InChI=1S/C16H18BrNO2S/c1-12(9-18-10-14-7-8-15(17)21-14)16(19)20-11-13-5-3-2-4-6-13/h2-8,12,18H,9-11H2,1H3. The predicted octanol–water partition coefficient (Wildman–Crippen LogP) is 3.98. The zero-order chi connectivity index (χ0) is 15.1. The maximum absolute atomic E-state index is 11.9. The van der Waals surface area contributed by atoms with Crippen LogP contribution in [0.2, 0.25) is 0 Å². The largest absolute Gasteiger partial charge is 0.461 e. The van der Waals surface area contributed by atoms with Gasteiger partial charge in [-0.1, -0.05) is 37.3 Å². The van der Waals surface area contributed by atoms with Gasteiger partial charge < -0.3 is 10.1 Å². The summed E-state index contributed by atoms with van der Waals surface area (Å²) in [4.78, 5) is 13.1. The van der Waals surface area contributed by atoms with E-state index in [1.165, 1.54) is 4.88 Å². The number of benzene rings is 1. The monoisotopic (exact) mass is 367 g/mol. The minimum Gasteiger partial charge on any atom is -0.461 e. The maximum Gasteiger partial charge on any atom is 0.310 e. The molecule has 0 spiro atoms. The summed E-state index contributed by atoms with van der Waals surface area (Å²) in [5, 5.41) is 3.28. The Morgan fingerprint density at radius 1 is 1.29 bits per heavy atom. The smallest absolute Gasteiger partial charge is 0.310 e. The van der Waals surface area contributed by atoms with Crippen molar-refractivity contribution in [1.29, 1.82) is 0 Å². The molecule has 0 saturated heterocycles. The lowest BCUT2D eigenvalue weighted by Gasteiger charge is -2.12. The van der Waals surface area contributed by atoms with Gasteiger partial charge in [0.15, 0.2) is 0 Å². The first-order valence-corrected chi connectivity index (χ1v) is 8.41. The number of hydrogen-bond donors (Lipinski definition) is 1. The fourth-order valence-electron chi connectivity index (χ4n) is 1.81. The number of thiophene rings is 1. The molecular weight excluding hydrogens is 350 g/mol. The Morgan fingerprint density at radius 2 is 2.05 bits per heavy atom. The molecule has 2 aromatic rings. The number of hydrogen-bond acceptors (Lipinski definition) is 4. The van der Waals surface area contributed by atoms with Crippen LogP contribution in [0.3, 0.4) is 0 Å². The molecular formula is C16H18BrNO2S. The van der Waals surface area contributed by atoms with Crippen molar-refractivity contribution in [1.82, 2.24) is 5.32 Å². The number of ether oxygens (including phenoxy) is 1. The van der Waals surface area contributed by atoms with Gasteiger partial charge in [0.1, 0.15) is 6.61 Å². The molecule has 1 unspecified atom stereocenters. The average Bonchev–Trinajstić information content (AvgIpc) is 2.91. The van der Waals surface area contributed by atoms with Crippen molar-refractivity contribution in [3.8, 4) is 0 Å². The first-order chi connectivity index (χ1) is 10.1. The van der Waals surface area contributed by atoms with E-state index in [0.717, 1.165) is 15.9 Å². The lowest BCUT2D eigenvalue weighted by Crippen LogP contribution is -2.27. The summed E-state index contributed by atoms with van der Waals surface area (Å²) in [7, 11) is 0. The Kier molecular flexibility index (Phi) is 6.42. The van der Waals surface area contributed by atoms with E-state index in [9.17, 15) is 4.79 Å². The Morgan fingerprint density at radius 3 is 2.71 bits per heavy atom. The topological polar surface area (TPSA) is 38.3 Å². The van der Waals surface area contributed by atoms with Gasteiger partial charge in [0.05, 0.1) is 9.70 Å². The second-order valence-electron chi connectivity index (χ2n) is 4.83. The van der Waals surface area contributed by atoms with Crippen LogP contribution in [0.5, 0.6) is 0 Å². The van der Waals surface area contributed by atoms with Gasteiger partial charge in [-0.3, -0.25) is 4.79 Å². The van der Waals surface area contributed by atoms with Crippen molar-refractivity contribution in [3.63, 3.8) is 0 Å². The SMILES string of the molecule is CC(CNCc1ccc(Br)s1)C(=O)OCc1ccccc1. The van der Waals surface area contributed by atoms with Crippen LogP contribution in [0, 0.1) is 5.92 Å². The summed E-state index contributed by atoms with van der Waals surface area (Å²) in [6, 6.07) is 13.8. The predicted molar refractivity (Wildman–Crippen MR) is 89.1 cm³/mol. The van der Waals surface area contributed by atoms with Gasteiger partial charge in [0.2, 0.25) is 0 Å². The molecule has 1 heterocycles. The van der Waals surface area contributed by atoms with Crippen LogP contribution in [-0.2, 0) is 22.7 Å². The van der Waals surface area contributed by atoms with Crippen LogP contribution < -0.4 is 5.32 Å². The Labute approximate surface area is 137 Å². The highest BCUT2D eigenvalue weighted by molar-refractivity contribution is 9.11. The van der Waals surface area contributed by atoms with Crippen molar-refractivity contribution in [2.75, 3.05) is 6.54 Å². The zero-order valence-electron chi connectivity index (χ0n) is 11.8. The third-order valence-electron chi connectivity index (χ3n) is 3.00. The van der Waals surface area contributed by atoms with Crippen LogP contribution in [0.1, 0.15) is 17.4 Å². The van der Waals surface area contributed by atoms with Gasteiger partial charge >= 0.3 is 5.97 Å². The number of rotatable bonds is 7. The lowest BCUT2D eigenvalue weighted by molar-refractivity contribution is -0.149. The molecule has 5 heteroatoms. The summed E-state index contributed by atoms with van der Waals surface area (Å²) >= 11 is 5.13. The Balaban J connectivity index is 1.67. The fourth-order valence-corrected chi connectivity index (χ4v) is 3.27.